The molecular formula is C11H23NO3S. The number of rotatable bonds is 6. The fourth-order valence-corrected chi connectivity index (χ4v) is 2.66. The number of sulfone groups is 1. The minimum atomic E-state index is -2.81. The van der Waals surface area contributed by atoms with Crippen molar-refractivity contribution in [1.82, 2.24) is 5.32 Å². The normalized spacial score (nSPS) is 26.9. The Morgan fingerprint density at radius 2 is 2.19 bits per heavy atom. The van der Waals surface area contributed by atoms with Crippen molar-refractivity contribution in [2.45, 2.75) is 44.8 Å². The average Bonchev–Trinajstić information content (AvgIpc) is 2.23. The van der Waals surface area contributed by atoms with Crippen LogP contribution in [0, 0.1) is 0 Å². The summed E-state index contributed by atoms with van der Waals surface area (Å²) >= 11 is 0. The zero-order valence-electron chi connectivity index (χ0n) is 10.2. The molecule has 5 heteroatoms. The van der Waals surface area contributed by atoms with Gasteiger partial charge in [-0.15, -0.1) is 0 Å². The van der Waals surface area contributed by atoms with E-state index < -0.39 is 9.84 Å². The molecule has 0 aliphatic carbocycles. The fourth-order valence-electron chi connectivity index (χ4n) is 1.99. The molecule has 1 aliphatic rings. The highest BCUT2D eigenvalue weighted by Crippen LogP contribution is 2.16. The van der Waals surface area contributed by atoms with E-state index in [1.165, 1.54) is 6.26 Å². The van der Waals surface area contributed by atoms with Gasteiger partial charge < -0.3 is 10.1 Å². The van der Waals surface area contributed by atoms with Crippen LogP contribution in [-0.2, 0) is 14.6 Å². The van der Waals surface area contributed by atoms with E-state index in [-0.39, 0.29) is 5.75 Å². The number of ether oxygens (including phenoxy) is 1. The van der Waals surface area contributed by atoms with E-state index in [4.69, 9.17) is 4.74 Å². The average molecular weight is 249 g/mol. The molecule has 1 rings (SSSR count). The van der Waals surface area contributed by atoms with Crippen LogP contribution < -0.4 is 5.32 Å². The Morgan fingerprint density at radius 3 is 2.81 bits per heavy atom. The zero-order valence-corrected chi connectivity index (χ0v) is 11.1. The maximum atomic E-state index is 10.9. The Hall–Kier alpha value is -0.130. The third kappa shape index (κ3) is 5.82. The maximum Gasteiger partial charge on any atom is 0.147 e. The van der Waals surface area contributed by atoms with Gasteiger partial charge in [0, 0.05) is 18.9 Å². The van der Waals surface area contributed by atoms with Crippen molar-refractivity contribution in [3.63, 3.8) is 0 Å². The molecule has 1 aliphatic heterocycles. The van der Waals surface area contributed by atoms with Crippen LogP contribution in [0.25, 0.3) is 0 Å². The van der Waals surface area contributed by atoms with Crippen LogP contribution in [0.5, 0.6) is 0 Å². The fraction of sp³-hybridized carbons (Fsp3) is 1.00. The summed E-state index contributed by atoms with van der Waals surface area (Å²) < 4.78 is 27.4. The molecule has 0 aromatic heterocycles. The van der Waals surface area contributed by atoms with E-state index in [2.05, 4.69) is 12.2 Å². The van der Waals surface area contributed by atoms with Crippen LogP contribution in [-0.4, -0.2) is 45.7 Å². The SMILES string of the molecule is CCC1CC(NCCCS(C)(=O)=O)CCO1. The van der Waals surface area contributed by atoms with Crippen LogP contribution in [0.1, 0.15) is 32.6 Å². The Bertz CT molecular complexity index is 290. The molecule has 16 heavy (non-hydrogen) atoms. The number of hydrogen-bond acceptors (Lipinski definition) is 4. The molecule has 96 valence electrons. The summed E-state index contributed by atoms with van der Waals surface area (Å²) in [6, 6.07) is 0.498. The summed E-state index contributed by atoms with van der Waals surface area (Å²) in [4.78, 5) is 0. The first-order valence-electron chi connectivity index (χ1n) is 6.04. The summed E-state index contributed by atoms with van der Waals surface area (Å²) in [5.74, 6) is 0.278. The van der Waals surface area contributed by atoms with Gasteiger partial charge in [-0.2, -0.15) is 0 Å². The van der Waals surface area contributed by atoms with Crippen molar-refractivity contribution in [1.29, 1.82) is 0 Å². The van der Waals surface area contributed by atoms with Crippen molar-refractivity contribution < 1.29 is 13.2 Å². The quantitative estimate of drug-likeness (QED) is 0.713. The molecule has 1 heterocycles. The molecule has 1 fully saturated rings. The molecular weight excluding hydrogens is 226 g/mol. The van der Waals surface area contributed by atoms with Crippen molar-refractivity contribution in [3.05, 3.63) is 0 Å². The highest BCUT2D eigenvalue weighted by atomic mass is 32.2. The van der Waals surface area contributed by atoms with E-state index in [1.807, 2.05) is 0 Å². The lowest BCUT2D eigenvalue weighted by Crippen LogP contribution is -2.39. The van der Waals surface area contributed by atoms with Crippen molar-refractivity contribution >= 4 is 9.84 Å². The van der Waals surface area contributed by atoms with Gasteiger partial charge in [0.05, 0.1) is 11.9 Å². The van der Waals surface area contributed by atoms with Gasteiger partial charge in [0.15, 0.2) is 0 Å². The summed E-state index contributed by atoms with van der Waals surface area (Å²) in [7, 11) is -2.81. The first kappa shape index (κ1) is 13.9. The van der Waals surface area contributed by atoms with E-state index in [1.54, 1.807) is 0 Å². The maximum absolute atomic E-state index is 10.9. The molecule has 2 unspecified atom stereocenters. The third-order valence-electron chi connectivity index (χ3n) is 2.95. The summed E-state index contributed by atoms with van der Waals surface area (Å²) in [5.41, 5.74) is 0. The molecule has 0 aromatic carbocycles. The summed E-state index contributed by atoms with van der Waals surface area (Å²) in [6.45, 7) is 3.74. The van der Waals surface area contributed by atoms with E-state index >= 15 is 0 Å². The molecule has 0 spiro atoms. The minimum absolute atomic E-state index is 0.278. The standard InChI is InChI=1S/C11H23NO3S/c1-3-11-9-10(5-7-15-11)12-6-4-8-16(2,13)14/h10-12H,3-9H2,1-2H3. The van der Waals surface area contributed by atoms with Crippen LogP contribution in [0.4, 0.5) is 0 Å². The van der Waals surface area contributed by atoms with E-state index in [0.29, 0.717) is 18.6 Å². The highest BCUT2D eigenvalue weighted by Gasteiger charge is 2.20. The summed E-state index contributed by atoms with van der Waals surface area (Å²) in [6.07, 6.45) is 5.51. The molecule has 0 aromatic rings. The van der Waals surface area contributed by atoms with Gasteiger partial charge in [-0.05, 0) is 32.2 Å². The van der Waals surface area contributed by atoms with Gasteiger partial charge in [-0.3, -0.25) is 0 Å². The summed E-state index contributed by atoms with van der Waals surface area (Å²) in [5, 5.41) is 3.41. The smallest absolute Gasteiger partial charge is 0.147 e. The van der Waals surface area contributed by atoms with Gasteiger partial charge >= 0.3 is 0 Å². The second kappa shape index (κ2) is 6.57. The second-order valence-corrected chi connectivity index (χ2v) is 6.82. The lowest BCUT2D eigenvalue weighted by Gasteiger charge is -2.29. The lowest BCUT2D eigenvalue weighted by molar-refractivity contribution is 0.0000776. The van der Waals surface area contributed by atoms with Crippen LogP contribution in [0.15, 0.2) is 0 Å². The predicted molar refractivity (Wildman–Crippen MR) is 65.4 cm³/mol. The third-order valence-corrected chi connectivity index (χ3v) is 3.98. The van der Waals surface area contributed by atoms with Gasteiger partial charge in [-0.1, -0.05) is 6.92 Å². The topological polar surface area (TPSA) is 55.4 Å². The van der Waals surface area contributed by atoms with Crippen LogP contribution in [0.3, 0.4) is 0 Å². The molecule has 0 bridgehead atoms. The minimum Gasteiger partial charge on any atom is -0.378 e. The van der Waals surface area contributed by atoms with Gasteiger partial charge in [0.25, 0.3) is 0 Å². The van der Waals surface area contributed by atoms with Gasteiger partial charge in [-0.25, -0.2) is 8.42 Å². The van der Waals surface area contributed by atoms with Gasteiger partial charge in [0.2, 0.25) is 0 Å². The first-order chi connectivity index (χ1) is 7.51. The number of nitrogens with one attached hydrogen (secondary N) is 1. The molecule has 2 atom stereocenters. The van der Waals surface area contributed by atoms with Crippen molar-refractivity contribution in [2.75, 3.05) is 25.2 Å². The Balaban J connectivity index is 2.13. The van der Waals surface area contributed by atoms with Crippen LogP contribution in [0.2, 0.25) is 0 Å². The molecule has 1 N–H and O–H groups in total. The van der Waals surface area contributed by atoms with Gasteiger partial charge in [0.1, 0.15) is 9.84 Å². The first-order valence-corrected chi connectivity index (χ1v) is 8.10. The highest BCUT2D eigenvalue weighted by molar-refractivity contribution is 7.90. The Kier molecular flexibility index (Phi) is 5.72. The molecule has 1 saturated heterocycles. The molecule has 0 saturated carbocycles. The molecule has 0 radical (unpaired) electrons. The largest absolute Gasteiger partial charge is 0.378 e. The predicted octanol–water partition coefficient (Wildman–Crippen LogP) is 0.968. The Morgan fingerprint density at radius 1 is 1.44 bits per heavy atom. The zero-order chi connectivity index (χ0) is 12.0. The lowest BCUT2D eigenvalue weighted by atomic mass is 10.0. The second-order valence-electron chi connectivity index (χ2n) is 4.56. The van der Waals surface area contributed by atoms with Crippen molar-refractivity contribution in [3.8, 4) is 0 Å². The monoisotopic (exact) mass is 249 g/mol. The molecule has 0 amide bonds. The van der Waals surface area contributed by atoms with E-state index in [9.17, 15) is 8.42 Å². The van der Waals surface area contributed by atoms with Crippen molar-refractivity contribution in [2.24, 2.45) is 0 Å². The van der Waals surface area contributed by atoms with E-state index in [0.717, 1.165) is 32.4 Å². The number of hydrogen-bond donors (Lipinski definition) is 1. The molecule has 4 nitrogen and oxygen atoms in total. The Labute approximate surface area is 98.7 Å². The van der Waals surface area contributed by atoms with Crippen LogP contribution >= 0.6 is 0 Å².